The fourth-order valence-corrected chi connectivity index (χ4v) is 1.42. The van der Waals surface area contributed by atoms with Gasteiger partial charge in [-0.2, -0.15) is 0 Å². The molecule has 1 aromatic heterocycles. The fourth-order valence-electron chi connectivity index (χ4n) is 1.42. The molecule has 0 bridgehead atoms. The van der Waals surface area contributed by atoms with Crippen molar-refractivity contribution in [2.45, 2.75) is 0 Å². The first-order chi connectivity index (χ1) is 7.83. The lowest BCUT2D eigenvalue weighted by atomic mass is 10.1. The van der Waals surface area contributed by atoms with Crippen LogP contribution < -0.4 is 10.1 Å². The van der Waals surface area contributed by atoms with Crippen LogP contribution in [0.1, 0.15) is 0 Å². The molecule has 4 heteroatoms. The summed E-state index contributed by atoms with van der Waals surface area (Å²) < 4.78 is 4.92. The summed E-state index contributed by atoms with van der Waals surface area (Å²) in [7, 11) is 3.44. The zero-order valence-corrected chi connectivity index (χ0v) is 9.27. The molecule has 2 rings (SSSR count). The molecule has 1 heterocycles. The molecule has 0 unspecified atom stereocenters. The van der Waals surface area contributed by atoms with Gasteiger partial charge in [-0.1, -0.05) is 12.1 Å². The first-order valence-corrected chi connectivity index (χ1v) is 4.97. The molecule has 0 aliphatic rings. The number of ether oxygens (including phenoxy) is 1. The lowest BCUT2D eigenvalue weighted by molar-refractivity contribution is 0.380. The molecule has 0 saturated heterocycles. The Hall–Kier alpha value is -2.10. The summed E-state index contributed by atoms with van der Waals surface area (Å²) in [6, 6.07) is 8.45. The number of hydrogen-bond acceptors (Lipinski definition) is 4. The van der Waals surface area contributed by atoms with Gasteiger partial charge in [-0.15, -0.1) is 0 Å². The Bertz CT molecular complexity index is 468. The second-order valence-corrected chi connectivity index (χ2v) is 3.29. The van der Waals surface area contributed by atoms with Crippen LogP contribution >= 0.6 is 0 Å². The first-order valence-electron chi connectivity index (χ1n) is 4.97. The predicted molar refractivity (Wildman–Crippen MR) is 63.6 cm³/mol. The molecule has 0 fully saturated rings. The Morgan fingerprint density at radius 3 is 2.50 bits per heavy atom. The van der Waals surface area contributed by atoms with Crippen molar-refractivity contribution in [3.8, 4) is 17.1 Å². The minimum atomic E-state index is 0.383. The average Bonchev–Trinajstić information content (AvgIpc) is 2.39. The van der Waals surface area contributed by atoms with E-state index in [4.69, 9.17) is 4.74 Å². The van der Waals surface area contributed by atoms with Crippen LogP contribution in [-0.4, -0.2) is 24.1 Å². The van der Waals surface area contributed by atoms with Gasteiger partial charge in [0.05, 0.1) is 7.11 Å². The zero-order valence-electron chi connectivity index (χ0n) is 9.27. The molecule has 0 saturated carbocycles. The average molecular weight is 215 g/mol. The summed E-state index contributed by atoms with van der Waals surface area (Å²) in [5, 5.41) is 3.09. The highest BCUT2D eigenvalue weighted by molar-refractivity contribution is 5.66. The van der Waals surface area contributed by atoms with Gasteiger partial charge in [-0.3, -0.25) is 0 Å². The van der Waals surface area contributed by atoms with E-state index in [2.05, 4.69) is 15.3 Å². The highest BCUT2D eigenvalue weighted by Crippen LogP contribution is 2.21. The Balaban J connectivity index is 2.34. The summed E-state index contributed by atoms with van der Waals surface area (Å²) in [4.78, 5) is 8.15. The van der Waals surface area contributed by atoms with E-state index in [0.717, 1.165) is 16.8 Å². The summed E-state index contributed by atoms with van der Waals surface area (Å²) in [5.74, 6) is 0. The van der Waals surface area contributed by atoms with Gasteiger partial charge in [0.1, 0.15) is 0 Å². The molecule has 0 atom stereocenters. The van der Waals surface area contributed by atoms with E-state index in [0.29, 0.717) is 6.01 Å². The number of aromatic nitrogens is 2. The first kappa shape index (κ1) is 10.4. The van der Waals surface area contributed by atoms with Crippen molar-refractivity contribution in [3.05, 3.63) is 36.7 Å². The van der Waals surface area contributed by atoms with Crippen LogP contribution in [0.4, 0.5) is 5.69 Å². The summed E-state index contributed by atoms with van der Waals surface area (Å²) in [6.07, 6.45) is 3.50. The smallest absolute Gasteiger partial charge is 0.316 e. The maximum absolute atomic E-state index is 4.92. The fraction of sp³-hybridized carbons (Fsp3) is 0.167. The Morgan fingerprint density at radius 2 is 1.88 bits per heavy atom. The number of benzene rings is 1. The minimum Gasteiger partial charge on any atom is -0.467 e. The molecule has 16 heavy (non-hydrogen) atoms. The van der Waals surface area contributed by atoms with Gasteiger partial charge in [-0.25, -0.2) is 9.97 Å². The molecule has 4 nitrogen and oxygen atoms in total. The van der Waals surface area contributed by atoms with Gasteiger partial charge < -0.3 is 10.1 Å². The normalized spacial score (nSPS) is 9.88. The Kier molecular flexibility index (Phi) is 3.00. The Labute approximate surface area is 94.3 Å². The van der Waals surface area contributed by atoms with Gasteiger partial charge in [0.25, 0.3) is 0 Å². The SMILES string of the molecule is CNc1cccc(-c2cnc(OC)nc2)c1. The molecule has 0 aliphatic carbocycles. The lowest BCUT2D eigenvalue weighted by Gasteiger charge is -2.04. The largest absolute Gasteiger partial charge is 0.467 e. The van der Waals surface area contributed by atoms with E-state index in [-0.39, 0.29) is 0 Å². The van der Waals surface area contributed by atoms with Crippen LogP contribution in [-0.2, 0) is 0 Å². The van der Waals surface area contributed by atoms with Gasteiger partial charge in [-0.05, 0) is 17.7 Å². The molecule has 0 amide bonds. The van der Waals surface area contributed by atoms with Gasteiger partial charge in [0, 0.05) is 30.7 Å². The number of nitrogens with zero attached hydrogens (tertiary/aromatic N) is 2. The second kappa shape index (κ2) is 4.61. The van der Waals surface area contributed by atoms with Gasteiger partial charge in [0.15, 0.2) is 0 Å². The highest BCUT2D eigenvalue weighted by Gasteiger charge is 2.00. The number of rotatable bonds is 3. The van der Waals surface area contributed by atoms with Crippen molar-refractivity contribution in [2.24, 2.45) is 0 Å². The maximum Gasteiger partial charge on any atom is 0.316 e. The third-order valence-corrected chi connectivity index (χ3v) is 2.30. The van der Waals surface area contributed by atoms with Crippen molar-refractivity contribution in [2.75, 3.05) is 19.5 Å². The minimum absolute atomic E-state index is 0.383. The van der Waals surface area contributed by atoms with Crippen molar-refractivity contribution in [1.29, 1.82) is 0 Å². The van der Waals surface area contributed by atoms with Crippen LogP contribution in [0.15, 0.2) is 36.7 Å². The second-order valence-electron chi connectivity index (χ2n) is 3.29. The maximum atomic E-state index is 4.92. The van der Waals surface area contributed by atoms with E-state index >= 15 is 0 Å². The van der Waals surface area contributed by atoms with Crippen LogP contribution in [0.2, 0.25) is 0 Å². The van der Waals surface area contributed by atoms with Crippen molar-refractivity contribution in [1.82, 2.24) is 9.97 Å². The third kappa shape index (κ3) is 2.11. The molecule has 1 aromatic carbocycles. The van der Waals surface area contributed by atoms with E-state index in [1.54, 1.807) is 19.5 Å². The monoisotopic (exact) mass is 215 g/mol. The molecular formula is C12H13N3O. The topological polar surface area (TPSA) is 47.0 Å². The predicted octanol–water partition coefficient (Wildman–Crippen LogP) is 2.19. The van der Waals surface area contributed by atoms with Crippen molar-refractivity contribution < 1.29 is 4.74 Å². The number of hydrogen-bond donors (Lipinski definition) is 1. The van der Waals surface area contributed by atoms with E-state index in [9.17, 15) is 0 Å². The van der Waals surface area contributed by atoms with Crippen LogP contribution in [0.25, 0.3) is 11.1 Å². The van der Waals surface area contributed by atoms with E-state index < -0.39 is 0 Å². The van der Waals surface area contributed by atoms with E-state index in [1.807, 2.05) is 31.3 Å². The molecule has 0 spiro atoms. The third-order valence-electron chi connectivity index (χ3n) is 2.30. The van der Waals surface area contributed by atoms with Crippen LogP contribution in [0, 0.1) is 0 Å². The standard InChI is InChI=1S/C12H13N3O/c1-13-11-5-3-4-9(6-11)10-7-14-12(16-2)15-8-10/h3-8,13H,1-2H3. The van der Waals surface area contributed by atoms with Crippen LogP contribution in [0.3, 0.4) is 0 Å². The van der Waals surface area contributed by atoms with E-state index in [1.165, 1.54) is 0 Å². The summed E-state index contributed by atoms with van der Waals surface area (Å²) in [6.45, 7) is 0. The highest BCUT2D eigenvalue weighted by atomic mass is 16.5. The molecule has 1 N–H and O–H groups in total. The summed E-state index contributed by atoms with van der Waals surface area (Å²) in [5.41, 5.74) is 3.11. The number of methoxy groups -OCH3 is 1. The quantitative estimate of drug-likeness (QED) is 0.852. The molecule has 82 valence electrons. The molecule has 2 aromatic rings. The molecular weight excluding hydrogens is 202 g/mol. The van der Waals surface area contributed by atoms with Gasteiger partial charge in [0.2, 0.25) is 0 Å². The molecule has 0 aliphatic heterocycles. The van der Waals surface area contributed by atoms with Crippen molar-refractivity contribution in [3.63, 3.8) is 0 Å². The zero-order chi connectivity index (χ0) is 11.4. The summed E-state index contributed by atoms with van der Waals surface area (Å²) >= 11 is 0. The van der Waals surface area contributed by atoms with Crippen LogP contribution in [0.5, 0.6) is 6.01 Å². The number of nitrogens with one attached hydrogen (secondary N) is 1. The lowest BCUT2D eigenvalue weighted by Crippen LogP contribution is -1.92. The van der Waals surface area contributed by atoms with Gasteiger partial charge >= 0.3 is 6.01 Å². The number of anilines is 1. The molecule has 0 radical (unpaired) electrons. The van der Waals surface area contributed by atoms with Crippen molar-refractivity contribution >= 4 is 5.69 Å². The Morgan fingerprint density at radius 1 is 1.12 bits per heavy atom.